The summed E-state index contributed by atoms with van der Waals surface area (Å²) in [4.78, 5) is 31.2. The van der Waals surface area contributed by atoms with Gasteiger partial charge in [-0.3, -0.25) is 4.79 Å². The van der Waals surface area contributed by atoms with E-state index in [0.29, 0.717) is 17.0 Å². The number of nitrogens with one attached hydrogen (secondary N) is 1. The van der Waals surface area contributed by atoms with Gasteiger partial charge in [-0.05, 0) is 61.6 Å². The molecular weight excluding hydrogens is 412 g/mol. The van der Waals surface area contributed by atoms with Crippen molar-refractivity contribution >= 4 is 34.9 Å². The molecule has 6 heteroatoms. The van der Waals surface area contributed by atoms with Gasteiger partial charge in [0.2, 0.25) is 5.91 Å². The maximum atomic E-state index is 13.5. The zero-order valence-corrected chi connectivity index (χ0v) is 19.0. The van der Waals surface area contributed by atoms with Gasteiger partial charge in [0.05, 0.1) is 16.7 Å². The fraction of sp³-hybridized carbons (Fsp3) is 0.400. The van der Waals surface area contributed by atoms with E-state index in [1.165, 1.54) is 0 Å². The van der Waals surface area contributed by atoms with Gasteiger partial charge in [-0.2, -0.15) is 0 Å². The number of halogens is 1. The number of hydrogen-bond donors (Lipinski definition) is 1. The van der Waals surface area contributed by atoms with Crippen LogP contribution in [0.2, 0.25) is 5.02 Å². The number of oxime groups is 1. The maximum Gasteiger partial charge on any atom is 0.365 e. The lowest BCUT2D eigenvalue weighted by Gasteiger charge is -2.39. The van der Waals surface area contributed by atoms with E-state index in [1.807, 2.05) is 31.2 Å². The zero-order chi connectivity index (χ0) is 22.4. The smallest absolute Gasteiger partial charge is 0.326 e. The molecule has 4 rings (SSSR count). The Hall–Kier alpha value is -2.66. The average Bonchev–Trinajstić information content (AvgIpc) is 3.05. The third kappa shape index (κ3) is 3.35. The Morgan fingerprint density at radius 2 is 1.65 bits per heavy atom. The monoisotopic (exact) mass is 438 g/mol. The van der Waals surface area contributed by atoms with Crippen LogP contribution in [-0.4, -0.2) is 17.6 Å². The van der Waals surface area contributed by atoms with Crippen molar-refractivity contribution in [1.82, 2.24) is 0 Å². The van der Waals surface area contributed by atoms with Gasteiger partial charge in [0, 0.05) is 22.5 Å². The highest BCUT2D eigenvalue weighted by atomic mass is 35.5. The Morgan fingerprint density at radius 3 is 2.29 bits per heavy atom. The van der Waals surface area contributed by atoms with E-state index in [0.717, 1.165) is 29.8 Å². The fourth-order valence-electron chi connectivity index (χ4n) is 5.15. The molecule has 31 heavy (non-hydrogen) atoms. The first-order valence-corrected chi connectivity index (χ1v) is 10.9. The molecule has 2 atom stereocenters. The second-order valence-corrected chi connectivity index (χ2v) is 9.90. The minimum Gasteiger partial charge on any atom is -0.326 e. The number of anilines is 1. The Kier molecular flexibility index (Phi) is 5.21. The van der Waals surface area contributed by atoms with Crippen LogP contribution < -0.4 is 5.32 Å². The average molecular weight is 439 g/mol. The van der Waals surface area contributed by atoms with E-state index >= 15 is 0 Å². The molecule has 2 aromatic carbocycles. The van der Waals surface area contributed by atoms with E-state index in [-0.39, 0.29) is 16.7 Å². The van der Waals surface area contributed by atoms with E-state index < -0.39 is 11.4 Å². The summed E-state index contributed by atoms with van der Waals surface area (Å²) in [6.07, 6.45) is 2.07. The molecule has 0 radical (unpaired) electrons. The van der Waals surface area contributed by atoms with Gasteiger partial charge < -0.3 is 10.2 Å². The molecule has 2 bridgehead atoms. The third-order valence-corrected chi connectivity index (χ3v) is 8.05. The quantitative estimate of drug-likeness (QED) is 0.469. The molecule has 0 aromatic heterocycles. The van der Waals surface area contributed by atoms with E-state index in [2.05, 4.69) is 31.2 Å². The van der Waals surface area contributed by atoms with Gasteiger partial charge in [-0.1, -0.05) is 55.2 Å². The number of amides is 1. The van der Waals surface area contributed by atoms with Gasteiger partial charge in [0.25, 0.3) is 0 Å². The van der Waals surface area contributed by atoms with Crippen LogP contribution in [0, 0.1) is 23.2 Å². The number of carbonyl (C=O) groups excluding carboxylic acids is 2. The highest BCUT2D eigenvalue weighted by Crippen LogP contribution is 2.71. The summed E-state index contributed by atoms with van der Waals surface area (Å²) < 4.78 is 0. The van der Waals surface area contributed by atoms with E-state index in [1.54, 1.807) is 24.3 Å². The number of hydrogen-bond acceptors (Lipinski definition) is 4. The minimum absolute atomic E-state index is 0.000643. The van der Waals surface area contributed by atoms with Crippen molar-refractivity contribution in [2.24, 2.45) is 21.4 Å². The van der Waals surface area contributed by atoms with Gasteiger partial charge in [-0.15, -0.1) is 0 Å². The van der Waals surface area contributed by atoms with Gasteiger partial charge in [-0.25, -0.2) is 4.79 Å². The summed E-state index contributed by atoms with van der Waals surface area (Å²) in [5.41, 5.74) is 1.82. The number of fused-ring (bicyclic) bond motifs is 2. The Morgan fingerprint density at radius 1 is 1.00 bits per heavy atom. The van der Waals surface area contributed by atoms with Crippen LogP contribution in [0.5, 0.6) is 0 Å². The highest BCUT2D eigenvalue weighted by Gasteiger charge is 2.71. The van der Waals surface area contributed by atoms with Crippen molar-refractivity contribution in [2.75, 3.05) is 5.32 Å². The van der Waals surface area contributed by atoms with Crippen LogP contribution in [0.15, 0.2) is 53.7 Å². The van der Waals surface area contributed by atoms with Crippen LogP contribution >= 0.6 is 11.6 Å². The van der Waals surface area contributed by atoms with Crippen molar-refractivity contribution in [2.45, 2.75) is 47.0 Å². The largest absolute Gasteiger partial charge is 0.365 e. The summed E-state index contributed by atoms with van der Waals surface area (Å²) in [5, 5.41) is 7.92. The molecule has 2 fully saturated rings. The lowest BCUT2D eigenvalue weighted by atomic mass is 9.64. The molecule has 2 aliphatic rings. The second kappa shape index (κ2) is 7.49. The predicted octanol–water partition coefficient (Wildman–Crippen LogP) is 6.02. The summed E-state index contributed by atoms with van der Waals surface area (Å²) in [6, 6.07) is 14.3. The van der Waals surface area contributed by atoms with Crippen molar-refractivity contribution < 1.29 is 14.4 Å². The first-order valence-electron chi connectivity index (χ1n) is 10.5. The first kappa shape index (κ1) is 21.6. The van der Waals surface area contributed by atoms with Crippen LogP contribution in [0.25, 0.3) is 0 Å². The molecule has 5 nitrogen and oxygen atoms in total. The van der Waals surface area contributed by atoms with Crippen molar-refractivity contribution in [3.8, 4) is 0 Å². The molecule has 0 saturated heterocycles. The SMILES string of the molecule is Cc1ccc(NC(=O)C23CCC(C)(/C(=N/OC(=O)c4ccc(Cl)cc4)C2)C3(C)C)cc1. The molecule has 0 heterocycles. The van der Waals surface area contributed by atoms with Crippen LogP contribution in [0.4, 0.5) is 5.69 Å². The molecule has 2 aliphatic carbocycles. The molecule has 2 unspecified atom stereocenters. The molecule has 1 N–H and O–H groups in total. The highest BCUT2D eigenvalue weighted by molar-refractivity contribution is 6.30. The van der Waals surface area contributed by atoms with Gasteiger partial charge >= 0.3 is 5.97 Å². The van der Waals surface area contributed by atoms with Crippen LogP contribution in [-0.2, 0) is 9.63 Å². The van der Waals surface area contributed by atoms with Crippen molar-refractivity contribution in [3.63, 3.8) is 0 Å². The van der Waals surface area contributed by atoms with Gasteiger partial charge in [0.1, 0.15) is 0 Å². The number of nitrogens with zero attached hydrogens (tertiary/aromatic N) is 1. The fourth-order valence-corrected chi connectivity index (χ4v) is 5.27. The number of carbonyl (C=O) groups is 2. The third-order valence-electron chi connectivity index (χ3n) is 7.80. The normalized spacial score (nSPS) is 27.3. The lowest BCUT2D eigenvalue weighted by Crippen LogP contribution is -2.43. The minimum atomic E-state index is -0.599. The summed E-state index contributed by atoms with van der Waals surface area (Å²) >= 11 is 5.88. The number of benzene rings is 2. The Labute approximate surface area is 187 Å². The molecule has 2 saturated carbocycles. The molecule has 0 spiro atoms. The van der Waals surface area contributed by atoms with E-state index in [9.17, 15) is 9.59 Å². The molecule has 162 valence electrons. The predicted molar refractivity (Wildman–Crippen MR) is 122 cm³/mol. The second-order valence-electron chi connectivity index (χ2n) is 9.46. The van der Waals surface area contributed by atoms with Gasteiger partial charge in [0.15, 0.2) is 0 Å². The Balaban J connectivity index is 1.57. The Bertz CT molecular complexity index is 1060. The number of rotatable bonds is 4. The summed E-state index contributed by atoms with van der Waals surface area (Å²) in [6.45, 7) is 8.38. The first-order chi connectivity index (χ1) is 14.6. The van der Waals surface area contributed by atoms with Crippen molar-refractivity contribution in [3.05, 3.63) is 64.7 Å². The lowest BCUT2D eigenvalue weighted by molar-refractivity contribution is -0.130. The zero-order valence-electron chi connectivity index (χ0n) is 18.3. The summed E-state index contributed by atoms with van der Waals surface area (Å²) in [7, 11) is 0. The molecule has 2 aromatic rings. The molecular formula is C25H27ClN2O3. The van der Waals surface area contributed by atoms with E-state index in [4.69, 9.17) is 16.4 Å². The molecule has 1 amide bonds. The van der Waals surface area contributed by atoms with Crippen LogP contribution in [0.3, 0.4) is 0 Å². The number of aryl methyl sites for hydroxylation is 1. The molecule has 0 aliphatic heterocycles. The summed E-state index contributed by atoms with van der Waals surface area (Å²) in [5.74, 6) is -0.536. The van der Waals surface area contributed by atoms with Crippen molar-refractivity contribution in [1.29, 1.82) is 0 Å². The maximum absolute atomic E-state index is 13.5. The topological polar surface area (TPSA) is 67.8 Å². The standard InChI is InChI=1S/C25H27ClN2O3/c1-16-5-11-19(12-6-16)27-22(30)25-14-13-24(4,23(25,2)3)20(15-25)28-31-21(29)17-7-9-18(26)10-8-17/h5-12H,13-15H2,1-4H3,(H,27,30)/b28-20+. The van der Waals surface area contributed by atoms with Crippen LogP contribution in [0.1, 0.15) is 56.0 Å².